The van der Waals surface area contributed by atoms with Crippen LogP contribution in [0.4, 0.5) is 0 Å². The zero-order valence-electron chi connectivity index (χ0n) is 60.7. The van der Waals surface area contributed by atoms with Crippen LogP contribution in [-0.2, 0) is 65.4 Å². The first kappa shape index (κ1) is 91.1. The monoisotopic (exact) mass is 1370 g/mol. The Kier molecular flexibility index (Phi) is 63.4. The minimum atomic E-state index is -4.95. The average Bonchev–Trinajstić information content (AvgIpc) is 2.03. The summed E-state index contributed by atoms with van der Waals surface area (Å²) in [6.45, 7) is 11.9. The lowest BCUT2D eigenvalue weighted by atomic mass is 9.99. The number of aliphatic hydroxyl groups is 1. The van der Waals surface area contributed by atoms with Crippen LogP contribution < -0.4 is 0 Å². The smallest absolute Gasteiger partial charge is 0.462 e. The van der Waals surface area contributed by atoms with Crippen LogP contribution in [0.3, 0.4) is 0 Å². The fraction of sp³-hybridized carbons (Fsp3) is 0.946. The SMILES string of the molecule is CCCCCCCCCC(=O)OC[C@H](COP(=O)(O)OC[C@H](O)COP(=O)(O)OC[C@@H](COC(=O)CCCCCCCCCCCC(C)C)OC(=O)CCCCCCCCCCCCCCCCCCCCC(C)CC)OC(=O)CCCCCCCCCCC(C)CC. The van der Waals surface area contributed by atoms with Gasteiger partial charge in [0.05, 0.1) is 26.4 Å². The molecule has 0 fully saturated rings. The van der Waals surface area contributed by atoms with E-state index in [1.165, 1.54) is 173 Å². The topological polar surface area (TPSA) is 237 Å². The van der Waals surface area contributed by atoms with Gasteiger partial charge in [-0.2, -0.15) is 0 Å². The number of rotatable bonds is 72. The van der Waals surface area contributed by atoms with E-state index in [-0.39, 0.29) is 25.7 Å². The van der Waals surface area contributed by atoms with E-state index in [0.29, 0.717) is 25.7 Å². The summed E-state index contributed by atoms with van der Waals surface area (Å²) in [6, 6.07) is 0. The number of aliphatic hydroxyl groups excluding tert-OH is 1. The Balaban J connectivity index is 5.14. The highest BCUT2D eigenvalue weighted by Crippen LogP contribution is 2.45. The van der Waals surface area contributed by atoms with Crippen molar-refractivity contribution in [3.63, 3.8) is 0 Å². The molecular formula is C74H144O17P2. The lowest BCUT2D eigenvalue weighted by molar-refractivity contribution is -0.161. The van der Waals surface area contributed by atoms with Crippen LogP contribution in [0.5, 0.6) is 0 Å². The Morgan fingerprint density at radius 3 is 0.817 bits per heavy atom. The molecule has 0 aliphatic rings. The van der Waals surface area contributed by atoms with Crippen LogP contribution in [0, 0.1) is 17.8 Å². The van der Waals surface area contributed by atoms with Gasteiger partial charge in [-0.05, 0) is 43.4 Å². The van der Waals surface area contributed by atoms with Crippen LogP contribution in [-0.4, -0.2) is 96.7 Å². The quantitative estimate of drug-likeness (QED) is 0.0222. The van der Waals surface area contributed by atoms with Crippen molar-refractivity contribution in [2.24, 2.45) is 17.8 Å². The minimum absolute atomic E-state index is 0.104. The number of ether oxygens (including phenoxy) is 4. The second-order valence-corrected chi connectivity index (χ2v) is 30.6. The predicted octanol–water partition coefficient (Wildman–Crippen LogP) is 21.4. The zero-order chi connectivity index (χ0) is 68.7. The molecule has 0 aliphatic heterocycles. The molecule has 0 heterocycles. The summed E-state index contributed by atoms with van der Waals surface area (Å²) < 4.78 is 68.3. The van der Waals surface area contributed by atoms with Crippen LogP contribution >= 0.6 is 15.6 Å². The lowest BCUT2D eigenvalue weighted by Crippen LogP contribution is -2.30. The Labute approximate surface area is 568 Å². The molecule has 0 aromatic heterocycles. The first-order valence-corrected chi connectivity index (χ1v) is 41.4. The summed E-state index contributed by atoms with van der Waals surface area (Å²) in [4.78, 5) is 72.5. The molecule has 0 saturated carbocycles. The van der Waals surface area contributed by atoms with Gasteiger partial charge in [0.2, 0.25) is 0 Å². The van der Waals surface area contributed by atoms with Gasteiger partial charge in [0.1, 0.15) is 19.3 Å². The Hall–Kier alpha value is -1.94. The van der Waals surface area contributed by atoms with E-state index in [0.717, 1.165) is 120 Å². The van der Waals surface area contributed by atoms with Crippen LogP contribution in [0.1, 0.15) is 376 Å². The summed E-state index contributed by atoms with van der Waals surface area (Å²) >= 11 is 0. The van der Waals surface area contributed by atoms with Crippen molar-refractivity contribution in [1.29, 1.82) is 0 Å². The molecule has 0 saturated heterocycles. The molecule has 0 aromatic rings. The van der Waals surface area contributed by atoms with Gasteiger partial charge in [0.15, 0.2) is 12.2 Å². The third kappa shape index (κ3) is 65.8. The van der Waals surface area contributed by atoms with Crippen molar-refractivity contribution >= 4 is 39.5 Å². The first-order valence-electron chi connectivity index (χ1n) is 38.4. The summed E-state index contributed by atoms with van der Waals surface area (Å²) in [6.07, 6.45) is 50.1. The van der Waals surface area contributed by atoms with E-state index in [9.17, 15) is 43.2 Å². The molecule has 0 aromatic carbocycles. The number of phosphoric acid groups is 2. The molecule has 4 unspecified atom stereocenters. The number of unbranched alkanes of at least 4 members (excludes halogenated alkanes) is 38. The average molecular weight is 1370 g/mol. The Bertz CT molecular complexity index is 1820. The Morgan fingerprint density at radius 2 is 0.548 bits per heavy atom. The van der Waals surface area contributed by atoms with Gasteiger partial charge in [0, 0.05) is 25.7 Å². The maximum atomic E-state index is 13.1. The van der Waals surface area contributed by atoms with Gasteiger partial charge in [0.25, 0.3) is 0 Å². The van der Waals surface area contributed by atoms with Crippen molar-refractivity contribution in [2.45, 2.75) is 394 Å². The predicted molar refractivity (Wildman–Crippen MR) is 377 cm³/mol. The summed E-state index contributed by atoms with van der Waals surface area (Å²) in [5.41, 5.74) is 0. The molecule has 19 heteroatoms. The van der Waals surface area contributed by atoms with E-state index < -0.39 is 97.5 Å². The van der Waals surface area contributed by atoms with Crippen molar-refractivity contribution in [2.75, 3.05) is 39.6 Å². The molecule has 0 bridgehead atoms. The molecule has 7 atom stereocenters. The minimum Gasteiger partial charge on any atom is -0.462 e. The van der Waals surface area contributed by atoms with Gasteiger partial charge >= 0.3 is 39.5 Å². The molecular weight excluding hydrogens is 1220 g/mol. The fourth-order valence-corrected chi connectivity index (χ4v) is 12.8. The van der Waals surface area contributed by atoms with Gasteiger partial charge < -0.3 is 33.8 Å². The molecule has 93 heavy (non-hydrogen) atoms. The number of esters is 4. The zero-order valence-corrected chi connectivity index (χ0v) is 62.5. The fourth-order valence-electron chi connectivity index (χ4n) is 11.2. The van der Waals surface area contributed by atoms with Crippen molar-refractivity contribution in [3.8, 4) is 0 Å². The Morgan fingerprint density at radius 1 is 0.312 bits per heavy atom. The van der Waals surface area contributed by atoms with E-state index in [4.69, 9.17) is 37.0 Å². The third-order valence-electron chi connectivity index (χ3n) is 17.9. The number of carbonyl (C=O) groups is 4. The number of carbonyl (C=O) groups excluding carboxylic acids is 4. The lowest BCUT2D eigenvalue weighted by Gasteiger charge is -2.21. The van der Waals surface area contributed by atoms with E-state index in [1.54, 1.807) is 0 Å². The highest BCUT2D eigenvalue weighted by Gasteiger charge is 2.30. The maximum Gasteiger partial charge on any atom is 0.472 e. The highest BCUT2D eigenvalue weighted by molar-refractivity contribution is 7.47. The van der Waals surface area contributed by atoms with Crippen molar-refractivity contribution < 1.29 is 80.2 Å². The van der Waals surface area contributed by atoms with Crippen molar-refractivity contribution in [1.82, 2.24) is 0 Å². The van der Waals surface area contributed by atoms with Crippen molar-refractivity contribution in [3.05, 3.63) is 0 Å². The molecule has 0 amide bonds. The summed E-state index contributed by atoms with van der Waals surface area (Å²) in [7, 11) is -9.90. The van der Waals surface area contributed by atoms with Crippen LogP contribution in [0.2, 0.25) is 0 Å². The van der Waals surface area contributed by atoms with Gasteiger partial charge in [-0.1, -0.05) is 325 Å². The second kappa shape index (κ2) is 64.7. The van der Waals surface area contributed by atoms with Gasteiger partial charge in [-0.3, -0.25) is 37.3 Å². The van der Waals surface area contributed by atoms with E-state index >= 15 is 0 Å². The molecule has 0 rings (SSSR count). The van der Waals surface area contributed by atoms with Gasteiger partial charge in [-0.15, -0.1) is 0 Å². The highest BCUT2D eigenvalue weighted by atomic mass is 31.2. The summed E-state index contributed by atoms with van der Waals surface area (Å²) in [5.74, 6) is 0.257. The second-order valence-electron chi connectivity index (χ2n) is 27.6. The molecule has 0 radical (unpaired) electrons. The molecule has 0 aliphatic carbocycles. The number of phosphoric ester groups is 2. The first-order chi connectivity index (χ1) is 44.8. The normalized spacial score (nSPS) is 14.7. The number of hydrogen-bond donors (Lipinski definition) is 3. The van der Waals surface area contributed by atoms with Crippen LogP contribution in [0.15, 0.2) is 0 Å². The van der Waals surface area contributed by atoms with E-state index in [2.05, 4.69) is 48.5 Å². The summed E-state index contributed by atoms with van der Waals surface area (Å²) in [5, 5.41) is 10.6. The third-order valence-corrected chi connectivity index (χ3v) is 19.8. The van der Waals surface area contributed by atoms with Crippen LogP contribution in [0.25, 0.3) is 0 Å². The molecule has 0 spiro atoms. The molecule has 3 N–H and O–H groups in total. The van der Waals surface area contributed by atoms with Gasteiger partial charge in [-0.25, -0.2) is 9.13 Å². The largest absolute Gasteiger partial charge is 0.472 e. The standard InChI is InChI=1S/C74H144O17P2/c1-8-11-12-13-31-41-48-55-71(76)84-61-69(91-74(79)58-51-44-37-30-29-34-40-47-54-67(7)10-3)63-88-92(80,81)86-59-68(75)60-87-93(82,83)89-64-70(62-85-72(77)56-49-42-35-28-24-25-32-38-45-52-65(4)5)90-73(78)57-50-43-36-27-23-21-19-17-15-14-16-18-20-22-26-33-39-46-53-66(6)9-2/h65-70,75H,8-64H2,1-7H3,(H,80,81)(H,82,83)/t66?,67?,68-,69+,70+/m0/s1. The maximum absolute atomic E-state index is 13.1. The molecule has 552 valence electrons. The van der Waals surface area contributed by atoms with E-state index in [1.807, 2.05) is 0 Å². The molecule has 17 nitrogen and oxygen atoms in total. The number of hydrogen-bond acceptors (Lipinski definition) is 15.